The van der Waals surface area contributed by atoms with Crippen molar-refractivity contribution >= 4 is 27.5 Å². The first-order valence-corrected chi connectivity index (χ1v) is 10.5. The number of benzene rings is 1. The van der Waals surface area contributed by atoms with E-state index < -0.39 is 16.1 Å². The number of phenols is 1. The van der Waals surface area contributed by atoms with Crippen LogP contribution >= 0.6 is 0 Å². The van der Waals surface area contributed by atoms with Crippen molar-refractivity contribution in [2.45, 2.75) is 6.42 Å². The first-order valence-electron chi connectivity index (χ1n) is 8.83. The lowest BCUT2D eigenvalue weighted by Gasteiger charge is -2.41. The molecule has 0 aromatic heterocycles. The monoisotopic (exact) mass is 401 g/mol. The van der Waals surface area contributed by atoms with Crippen molar-refractivity contribution in [2.24, 2.45) is 0 Å². The molecule has 0 radical (unpaired) electrons. The van der Waals surface area contributed by atoms with Gasteiger partial charge < -0.3 is 14.3 Å². The molecule has 0 spiro atoms. The molecule has 0 bridgehead atoms. The van der Waals surface area contributed by atoms with Gasteiger partial charge in [-0.15, -0.1) is 0 Å². The van der Waals surface area contributed by atoms with Crippen LogP contribution in [0.1, 0.15) is 6.42 Å². The smallest absolute Gasteiger partial charge is 0.411 e. The van der Waals surface area contributed by atoms with E-state index in [0.717, 1.165) is 37.2 Å². The van der Waals surface area contributed by atoms with Gasteiger partial charge in [-0.05, 0) is 19.2 Å². The van der Waals surface area contributed by atoms with Crippen molar-refractivity contribution in [1.29, 1.82) is 0 Å². The van der Waals surface area contributed by atoms with Crippen LogP contribution in [0.5, 0.6) is 5.75 Å². The summed E-state index contributed by atoms with van der Waals surface area (Å²) in [5, 5.41) is 12.4. The van der Waals surface area contributed by atoms with E-state index in [1.54, 1.807) is 0 Å². The van der Waals surface area contributed by atoms with Crippen LogP contribution in [0.4, 0.5) is 16.2 Å². The molecule has 1 aromatic carbocycles. The second-order valence-corrected chi connectivity index (χ2v) is 9.06. The Kier molecular flexibility index (Phi) is 6.90. The number of anilines is 2. The number of carbonyl (C=O) groups excluding carboxylic acids is 1. The minimum Gasteiger partial charge on any atom is -0.506 e. The second-order valence-electron chi connectivity index (χ2n) is 7.22. The number of rotatable bonds is 7. The van der Waals surface area contributed by atoms with Crippen LogP contribution in [0.25, 0.3) is 0 Å². The molecule has 3 N–H and O–H groups in total. The largest absolute Gasteiger partial charge is 0.506 e. The molecule has 9 nitrogen and oxygen atoms in total. The Hall–Kier alpha value is -2.04. The normalized spacial score (nSPS) is 17.3. The second kappa shape index (κ2) is 8.77. The van der Waals surface area contributed by atoms with Crippen molar-refractivity contribution in [3.05, 3.63) is 18.2 Å². The van der Waals surface area contributed by atoms with Crippen molar-refractivity contribution in [1.82, 2.24) is 4.90 Å². The third-order valence-corrected chi connectivity index (χ3v) is 6.21. The number of phenolic OH excluding ortho intramolecular Hbond substituents is 1. The van der Waals surface area contributed by atoms with Crippen molar-refractivity contribution in [3.8, 4) is 5.75 Å². The molecule has 0 aliphatic carbocycles. The van der Waals surface area contributed by atoms with Gasteiger partial charge in [0.05, 0.1) is 45.2 Å². The summed E-state index contributed by atoms with van der Waals surface area (Å²) in [4.78, 5) is 13.4. The van der Waals surface area contributed by atoms with Crippen molar-refractivity contribution in [2.75, 3.05) is 69.7 Å². The number of hydrogen-bond donors (Lipinski definition) is 3. The molecule has 152 valence electrons. The summed E-state index contributed by atoms with van der Waals surface area (Å²) < 4.78 is 32.4. The van der Waals surface area contributed by atoms with E-state index in [0.29, 0.717) is 12.1 Å². The molecular weight excluding hydrogens is 372 g/mol. The fourth-order valence-electron chi connectivity index (χ4n) is 2.99. The molecular formula is C17H29N4O5S+. The highest BCUT2D eigenvalue weighted by Crippen LogP contribution is 2.28. The Morgan fingerprint density at radius 2 is 2.00 bits per heavy atom. The summed E-state index contributed by atoms with van der Waals surface area (Å²) in [7, 11) is 1.90. The van der Waals surface area contributed by atoms with Gasteiger partial charge in [-0.25, -0.2) is 13.2 Å². The lowest BCUT2D eigenvalue weighted by Crippen LogP contribution is -2.56. The molecule has 10 heteroatoms. The summed E-state index contributed by atoms with van der Waals surface area (Å²) in [5.41, 5.74) is 0.375. The van der Waals surface area contributed by atoms with Gasteiger partial charge in [-0.1, -0.05) is 0 Å². The van der Waals surface area contributed by atoms with Crippen molar-refractivity contribution in [3.63, 3.8) is 0 Å². The zero-order valence-corrected chi connectivity index (χ0v) is 16.9. The number of likely N-dealkylation sites (N-methyl/N-ethyl adjacent to an activating group) is 2. The van der Waals surface area contributed by atoms with Crippen molar-refractivity contribution < 1.29 is 27.5 Å². The molecule has 1 aliphatic rings. The molecule has 1 aromatic rings. The summed E-state index contributed by atoms with van der Waals surface area (Å²) >= 11 is 0. The summed E-state index contributed by atoms with van der Waals surface area (Å²) in [6.45, 7) is 4.85. The molecule has 0 unspecified atom stereocenters. The van der Waals surface area contributed by atoms with Crippen LogP contribution in [0, 0.1) is 0 Å². The Morgan fingerprint density at radius 1 is 1.33 bits per heavy atom. The number of aromatic hydroxyl groups is 1. The van der Waals surface area contributed by atoms with Crippen LogP contribution in [0.2, 0.25) is 0 Å². The number of piperazine rings is 1. The average molecular weight is 402 g/mol. The maximum absolute atomic E-state index is 12.3. The highest BCUT2D eigenvalue weighted by atomic mass is 32.2. The van der Waals surface area contributed by atoms with E-state index in [1.165, 1.54) is 25.3 Å². The van der Waals surface area contributed by atoms with E-state index in [9.17, 15) is 18.3 Å². The number of quaternary nitrogens is 1. The van der Waals surface area contributed by atoms with Gasteiger partial charge in [0.1, 0.15) is 5.75 Å². The Balaban J connectivity index is 1.89. The van der Waals surface area contributed by atoms with Crippen LogP contribution in [0.3, 0.4) is 0 Å². The van der Waals surface area contributed by atoms with E-state index in [4.69, 9.17) is 0 Å². The maximum Gasteiger partial charge on any atom is 0.411 e. The fourth-order valence-corrected chi connectivity index (χ4v) is 4.11. The van der Waals surface area contributed by atoms with E-state index in [-0.39, 0.29) is 17.2 Å². The number of nitrogens with one attached hydrogen (secondary N) is 2. The molecule has 1 saturated heterocycles. The molecule has 0 saturated carbocycles. The predicted octanol–water partition coefficient (Wildman–Crippen LogP) is 1.09. The number of methoxy groups -OCH3 is 1. The van der Waals surface area contributed by atoms with Gasteiger partial charge in [0, 0.05) is 31.3 Å². The van der Waals surface area contributed by atoms with Crippen LogP contribution in [-0.2, 0) is 14.8 Å². The average Bonchev–Trinajstić information content (AvgIpc) is 2.60. The maximum atomic E-state index is 12.3. The van der Waals surface area contributed by atoms with Gasteiger partial charge in [0.15, 0.2) is 0 Å². The van der Waals surface area contributed by atoms with Gasteiger partial charge in [0.25, 0.3) is 0 Å². The molecule has 0 atom stereocenters. The molecule has 2 rings (SSSR count). The summed E-state index contributed by atoms with van der Waals surface area (Å²) in [5.74, 6) is -0.288. The zero-order chi connectivity index (χ0) is 20.1. The van der Waals surface area contributed by atoms with Crippen LogP contribution < -0.4 is 10.0 Å². The van der Waals surface area contributed by atoms with Gasteiger partial charge >= 0.3 is 6.09 Å². The number of nitrogens with zero attached hydrogens (tertiary/aromatic N) is 2. The third-order valence-electron chi connectivity index (χ3n) is 4.85. The Labute approximate surface area is 160 Å². The van der Waals surface area contributed by atoms with Gasteiger partial charge in [-0.2, -0.15) is 0 Å². The zero-order valence-electron chi connectivity index (χ0n) is 16.1. The lowest BCUT2D eigenvalue weighted by molar-refractivity contribution is -0.913. The molecule has 1 heterocycles. The Bertz CT molecular complexity index is 761. The van der Waals surface area contributed by atoms with E-state index in [1.807, 2.05) is 0 Å². The standard InChI is InChI=1S/C17H28N4O5S/c1-20-7-10-21(2,11-8-20)9-4-12-27(24,25)19-15-6-5-14(13-16(15)22)18-17(23)26-3/h5-6,13,19H,4,7-12H2,1-3H3,(H-,18,22,23)/p+1. The summed E-state index contributed by atoms with van der Waals surface area (Å²) in [6.07, 6.45) is -0.138. The topological polar surface area (TPSA) is 108 Å². The number of amides is 1. The summed E-state index contributed by atoms with van der Waals surface area (Å²) in [6, 6.07) is 4.13. The number of ether oxygens (including phenoxy) is 1. The van der Waals surface area contributed by atoms with Crippen LogP contribution in [0.15, 0.2) is 18.2 Å². The predicted molar refractivity (Wildman–Crippen MR) is 104 cm³/mol. The molecule has 1 fully saturated rings. The number of carbonyl (C=O) groups is 1. The van der Waals surface area contributed by atoms with Gasteiger partial charge in [-0.3, -0.25) is 14.9 Å². The minimum atomic E-state index is -3.58. The SMILES string of the molecule is COC(=O)Nc1ccc(NS(=O)(=O)CCC[N+]2(C)CCN(C)CC2)c(O)c1. The fraction of sp³-hybridized carbons (Fsp3) is 0.588. The molecule has 1 amide bonds. The van der Waals surface area contributed by atoms with E-state index in [2.05, 4.69) is 33.8 Å². The molecule has 1 aliphatic heterocycles. The van der Waals surface area contributed by atoms with Gasteiger partial charge in [0.2, 0.25) is 10.0 Å². The molecule has 27 heavy (non-hydrogen) atoms. The number of sulfonamides is 1. The van der Waals surface area contributed by atoms with E-state index >= 15 is 0 Å². The first kappa shape index (κ1) is 21.3. The van der Waals surface area contributed by atoms with Crippen LogP contribution in [-0.4, -0.2) is 88.7 Å². The lowest BCUT2D eigenvalue weighted by atomic mass is 10.2. The quantitative estimate of drug-likeness (QED) is 0.466. The third kappa shape index (κ3) is 6.56. The number of hydrogen-bond acceptors (Lipinski definition) is 6. The highest BCUT2D eigenvalue weighted by molar-refractivity contribution is 7.92. The Morgan fingerprint density at radius 3 is 2.59 bits per heavy atom. The highest BCUT2D eigenvalue weighted by Gasteiger charge is 2.27. The first-order chi connectivity index (χ1) is 12.6. The minimum absolute atomic E-state index is 0.0156.